The van der Waals surface area contributed by atoms with Gasteiger partial charge < -0.3 is 31.7 Å². The van der Waals surface area contributed by atoms with Gasteiger partial charge in [-0.05, 0) is 31.5 Å². The number of benzene rings is 1. The van der Waals surface area contributed by atoms with Crippen LogP contribution in [0.15, 0.2) is 24.3 Å². The molecule has 0 aromatic heterocycles. The summed E-state index contributed by atoms with van der Waals surface area (Å²) in [5.41, 5.74) is 6.56. The molecule has 0 spiro atoms. The van der Waals surface area contributed by atoms with E-state index in [9.17, 15) is 24.0 Å². The fraction of sp³-hybridized carbons (Fsp3) is 0.450. The fourth-order valence-electron chi connectivity index (χ4n) is 2.56. The van der Waals surface area contributed by atoms with Crippen LogP contribution in [-0.2, 0) is 35.3 Å². The first-order valence-corrected chi connectivity index (χ1v) is 9.58. The van der Waals surface area contributed by atoms with E-state index in [1.807, 2.05) is 0 Å². The molecule has 5 amide bonds. The number of anilines is 1. The highest BCUT2D eigenvalue weighted by molar-refractivity contribution is 6.00. The Hall–Kier alpha value is -3.47. The Labute approximate surface area is 180 Å². The average molecular weight is 435 g/mol. The van der Waals surface area contributed by atoms with Crippen LogP contribution in [-0.4, -0.2) is 54.8 Å². The number of hydrogen-bond donors (Lipinski definition) is 5. The molecule has 0 aliphatic rings. The van der Waals surface area contributed by atoms with Gasteiger partial charge in [-0.3, -0.25) is 24.0 Å². The molecule has 0 saturated carbocycles. The molecule has 0 aliphatic carbocycles. The van der Waals surface area contributed by atoms with Crippen molar-refractivity contribution >= 4 is 35.2 Å². The third kappa shape index (κ3) is 9.26. The topological polar surface area (TPSA) is 169 Å². The molecule has 11 heteroatoms. The molecule has 11 nitrogen and oxygen atoms in total. The van der Waals surface area contributed by atoms with E-state index < -0.39 is 54.1 Å². The van der Waals surface area contributed by atoms with Crippen LogP contribution in [0.2, 0.25) is 0 Å². The minimum atomic E-state index is -1.24. The Bertz CT molecular complexity index is 811. The molecule has 3 unspecified atom stereocenters. The number of nitrogens with one attached hydrogen (secondary N) is 4. The summed E-state index contributed by atoms with van der Waals surface area (Å²) in [4.78, 5) is 59.5. The monoisotopic (exact) mass is 435 g/mol. The lowest BCUT2D eigenvalue weighted by Crippen LogP contribution is -2.55. The van der Waals surface area contributed by atoms with E-state index in [1.54, 1.807) is 31.4 Å². The Kier molecular flexibility index (Phi) is 10.1. The van der Waals surface area contributed by atoms with Crippen LogP contribution in [0.1, 0.15) is 32.8 Å². The van der Waals surface area contributed by atoms with Crippen molar-refractivity contribution in [2.45, 2.75) is 51.9 Å². The zero-order valence-corrected chi connectivity index (χ0v) is 18.0. The highest BCUT2D eigenvalue weighted by atomic mass is 16.5. The predicted molar refractivity (Wildman–Crippen MR) is 112 cm³/mol. The largest absolute Gasteiger partial charge is 0.380 e. The number of ether oxygens (including phenoxy) is 1. The molecule has 31 heavy (non-hydrogen) atoms. The summed E-state index contributed by atoms with van der Waals surface area (Å²) in [7, 11) is 1.57. The Morgan fingerprint density at radius 1 is 0.903 bits per heavy atom. The predicted octanol–water partition coefficient (Wildman–Crippen LogP) is -0.839. The van der Waals surface area contributed by atoms with Crippen LogP contribution in [0.5, 0.6) is 0 Å². The number of nitrogens with two attached hydrogens (primary N) is 1. The maximum absolute atomic E-state index is 12.6. The molecule has 0 radical (unpaired) electrons. The van der Waals surface area contributed by atoms with Gasteiger partial charge in [-0.1, -0.05) is 12.1 Å². The zero-order valence-electron chi connectivity index (χ0n) is 18.0. The van der Waals surface area contributed by atoms with E-state index in [0.29, 0.717) is 12.3 Å². The lowest BCUT2D eigenvalue weighted by Gasteiger charge is -2.21. The van der Waals surface area contributed by atoms with Crippen LogP contribution in [0, 0.1) is 0 Å². The molecule has 1 rings (SSSR count). The zero-order chi connectivity index (χ0) is 23.6. The summed E-state index contributed by atoms with van der Waals surface area (Å²) >= 11 is 0. The lowest BCUT2D eigenvalue weighted by atomic mass is 10.1. The second kappa shape index (κ2) is 12.3. The Morgan fingerprint density at radius 2 is 1.45 bits per heavy atom. The average Bonchev–Trinajstić information content (AvgIpc) is 2.68. The summed E-state index contributed by atoms with van der Waals surface area (Å²) in [5.74, 6) is -3.10. The van der Waals surface area contributed by atoms with Crippen molar-refractivity contribution in [1.82, 2.24) is 16.0 Å². The number of carbonyl (C=O) groups excluding carboxylic acids is 5. The van der Waals surface area contributed by atoms with E-state index in [1.165, 1.54) is 20.8 Å². The summed E-state index contributed by atoms with van der Waals surface area (Å²) in [6.45, 7) is 4.54. The van der Waals surface area contributed by atoms with Crippen molar-refractivity contribution in [3.63, 3.8) is 0 Å². The highest BCUT2D eigenvalue weighted by Gasteiger charge is 2.27. The van der Waals surface area contributed by atoms with Crippen LogP contribution in [0.3, 0.4) is 0 Å². The standard InChI is InChI=1S/C20H29N5O6/c1-11(22-13(3)26)18(28)23-12(2)19(29)25-16(9-17(21)27)20(30)24-15-7-5-14(6-8-15)10-31-4/h5-8,11-12,16H,9-10H2,1-4H3,(H2,21,27)(H,22,26)(H,23,28)(H,24,30)(H,25,29). The summed E-state index contributed by atoms with van der Waals surface area (Å²) in [5, 5.41) is 9.84. The molecule has 0 bridgehead atoms. The quantitative estimate of drug-likeness (QED) is 0.304. The molecule has 1 aromatic rings. The van der Waals surface area contributed by atoms with Crippen molar-refractivity contribution in [3.8, 4) is 0 Å². The molecule has 0 saturated heterocycles. The van der Waals surface area contributed by atoms with Crippen molar-refractivity contribution in [2.75, 3.05) is 12.4 Å². The van der Waals surface area contributed by atoms with Crippen LogP contribution in [0.4, 0.5) is 5.69 Å². The number of carbonyl (C=O) groups is 5. The van der Waals surface area contributed by atoms with Gasteiger partial charge in [0.25, 0.3) is 0 Å². The normalized spacial score (nSPS) is 13.3. The number of primary amides is 1. The van der Waals surface area contributed by atoms with Gasteiger partial charge in [-0.25, -0.2) is 0 Å². The lowest BCUT2D eigenvalue weighted by molar-refractivity contribution is -0.132. The summed E-state index contributed by atoms with van der Waals surface area (Å²) < 4.78 is 5.02. The number of methoxy groups -OCH3 is 1. The molecule has 0 aliphatic heterocycles. The van der Waals surface area contributed by atoms with E-state index in [4.69, 9.17) is 10.5 Å². The number of rotatable bonds is 11. The van der Waals surface area contributed by atoms with Crippen molar-refractivity contribution in [1.29, 1.82) is 0 Å². The highest BCUT2D eigenvalue weighted by Crippen LogP contribution is 2.11. The van der Waals surface area contributed by atoms with E-state index in [-0.39, 0.29) is 0 Å². The molecular formula is C20H29N5O6. The Balaban J connectivity index is 2.76. The molecule has 1 aromatic carbocycles. The molecular weight excluding hydrogens is 406 g/mol. The maximum atomic E-state index is 12.6. The van der Waals surface area contributed by atoms with Crippen LogP contribution < -0.4 is 27.0 Å². The van der Waals surface area contributed by atoms with Gasteiger partial charge in [0.1, 0.15) is 18.1 Å². The Morgan fingerprint density at radius 3 is 1.97 bits per heavy atom. The molecule has 170 valence electrons. The van der Waals surface area contributed by atoms with Gasteiger partial charge in [-0.2, -0.15) is 0 Å². The van der Waals surface area contributed by atoms with Crippen molar-refractivity contribution in [3.05, 3.63) is 29.8 Å². The van der Waals surface area contributed by atoms with Gasteiger partial charge in [-0.15, -0.1) is 0 Å². The van der Waals surface area contributed by atoms with Gasteiger partial charge in [0.05, 0.1) is 13.0 Å². The first-order valence-electron chi connectivity index (χ1n) is 9.58. The minimum Gasteiger partial charge on any atom is -0.380 e. The molecule has 0 fully saturated rings. The minimum absolute atomic E-state index is 0.395. The summed E-state index contributed by atoms with van der Waals surface area (Å²) in [6, 6.07) is 3.71. The van der Waals surface area contributed by atoms with Crippen molar-refractivity contribution < 1.29 is 28.7 Å². The van der Waals surface area contributed by atoms with Crippen LogP contribution >= 0.6 is 0 Å². The number of amides is 5. The van der Waals surface area contributed by atoms with Gasteiger partial charge in [0.2, 0.25) is 29.5 Å². The van der Waals surface area contributed by atoms with Gasteiger partial charge >= 0.3 is 0 Å². The van der Waals surface area contributed by atoms with Crippen LogP contribution in [0.25, 0.3) is 0 Å². The molecule has 0 heterocycles. The first-order chi connectivity index (χ1) is 14.5. The SMILES string of the molecule is COCc1ccc(NC(=O)C(CC(N)=O)NC(=O)C(C)NC(=O)C(C)NC(C)=O)cc1. The summed E-state index contributed by atoms with van der Waals surface area (Å²) in [6.07, 6.45) is -0.428. The first kappa shape index (κ1) is 25.6. The van der Waals surface area contributed by atoms with Crippen molar-refractivity contribution in [2.24, 2.45) is 5.73 Å². The van der Waals surface area contributed by atoms with E-state index >= 15 is 0 Å². The fourth-order valence-corrected chi connectivity index (χ4v) is 2.56. The maximum Gasteiger partial charge on any atom is 0.247 e. The van der Waals surface area contributed by atoms with E-state index in [2.05, 4.69) is 21.3 Å². The molecule has 3 atom stereocenters. The van der Waals surface area contributed by atoms with E-state index in [0.717, 1.165) is 5.56 Å². The third-order valence-electron chi connectivity index (χ3n) is 4.14. The third-order valence-corrected chi connectivity index (χ3v) is 4.14. The number of hydrogen-bond acceptors (Lipinski definition) is 6. The van der Waals surface area contributed by atoms with Gasteiger partial charge in [0, 0.05) is 19.7 Å². The second-order valence-corrected chi connectivity index (χ2v) is 7.00. The smallest absolute Gasteiger partial charge is 0.247 e. The second-order valence-electron chi connectivity index (χ2n) is 7.00. The van der Waals surface area contributed by atoms with Gasteiger partial charge in [0.15, 0.2) is 0 Å². The molecule has 6 N–H and O–H groups in total.